The van der Waals surface area contributed by atoms with Gasteiger partial charge in [-0.2, -0.15) is 0 Å². The number of benzene rings is 1. The molecule has 2 rings (SSSR count). The van der Waals surface area contributed by atoms with E-state index in [2.05, 4.69) is 10.0 Å². The van der Waals surface area contributed by atoms with E-state index in [1.54, 1.807) is 0 Å². The first-order valence-electron chi connectivity index (χ1n) is 6.31. The smallest absolute Gasteiger partial charge is 0.216 e. The molecule has 0 aromatic heterocycles. The van der Waals surface area contributed by atoms with E-state index in [4.69, 9.17) is 0 Å². The molecule has 2 N–H and O–H groups in total. The van der Waals surface area contributed by atoms with Gasteiger partial charge in [-0.25, -0.2) is 13.1 Å². The molecule has 2 atom stereocenters. The van der Waals surface area contributed by atoms with Crippen LogP contribution < -0.4 is 10.0 Å². The van der Waals surface area contributed by atoms with E-state index in [9.17, 15) is 8.42 Å². The van der Waals surface area contributed by atoms with Crippen molar-refractivity contribution < 1.29 is 8.42 Å². The van der Waals surface area contributed by atoms with Gasteiger partial charge in [0.1, 0.15) is 0 Å². The van der Waals surface area contributed by atoms with E-state index in [-0.39, 0.29) is 11.8 Å². The largest absolute Gasteiger partial charge is 0.316 e. The number of hydrogen-bond acceptors (Lipinski definition) is 3. The van der Waals surface area contributed by atoms with Crippen LogP contribution in [0.5, 0.6) is 0 Å². The lowest BCUT2D eigenvalue weighted by molar-refractivity contribution is 0.444. The predicted octanol–water partition coefficient (Wildman–Crippen LogP) is 1.10. The number of nitrogens with one attached hydrogen (secondary N) is 2. The normalized spacial score (nSPS) is 21.9. The monoisotopic (exact) mass is 268 g/mol. The number of rotatable bonds is 5. The Morgan fingerprint density at radius 3 is 2.72 bits per heavy atom. The highest BCUT2D eigenvalue weighted by molar-refractivity contribution is 7.88. The minimum atomic E-state index is -3.25. The van der Waals surface area contributed by atoms with Crippen LogP contribution in [0.1, 0.15) is 18.9 Å². The van der Waals surface area contributed by atoms with Crippen LogP contribution in [-0.2, 0) is 15.8 Å². The minimum absolute atomic E-state index is 0.00582. The van der Waals surface area contributed by atoms with Crippen LogP contribution in [0.4, 0.5) is 0 Å². The van der Waals surface area contributed by atoms with Gasteiger partial charge in [-0.3, -0.25) is 0 Å². The van der Waals surface area contributed by atoms with Crippen molar-refractivity contribution in [3.8, 4) is 0 Å². The lowest BCUT2D eigenvalue weighted by Gasteiger charge is -2.19. The molecule has 1 aliphatic rings. The Hall–Kier alpha value is -0.910. The summed E-state index contributed by atoms with van der Waals surface area (Å²) in [6, 6.07) is 9.26. The van der Waals surface area contributed by atoms with Crippen LogP contribution >= 0.6 is 0 Å². The second-order valence-electron chi connectivity index (χ2n) is 4.90. The second-order valence-corrected chi connectivity index (χ2v) is 6.66. The molecule has 5 heteroatoms. The molecule has 1 aromatic rings. The molecule has 0 aliphatic carbocycles. The Morgan fingerprint density at radius 2 is 2.11 bits per heavy atom. The van der Waals surface area contributed by atoms with E-state index in [1.807, 2.05) is 37.3 Å². The van der Waals surface area contributed by atoms with Crippen LogP contribution in [0.15, 0.2) is 30.3 Å². The third-order valence-corrected chi connectivity index (χ3v) is 4.81. The molecule has 0 bridgehead atoms. The van der Waals surface area contributed by atoms with E-state index < -0.39 is 10.0 Å². The summed E-state index contributed by atoms with van der Waals surface area (Å²) in [5.41, 5.74) is 0.821. The van der Waals surface area contributed by atoms with Gasteiger partial charge in [0.25, 0.3) is 0 Å². The Morgan fingerprint density at radius 1 is 1.39 bits per heavy atom. The molecule has 0 radical (unpaired) electrons. The zero-order chi connectivity index (χ0) is 13.0. The molecule has 1 saturated heterocycles. The van der Waals surface area contributed by atoms with Crippen LogP contribution in [0.25, 0.3) is 0 Å². The van der Waals surface area contributed by atoms with Gasteiger partial charge in [-0.15, -0.1) is 0 Å². The van der Waals surface area contributed by atoms with Gasteiger partial charge in [0.15, 0.2) is 0 Å². The summed E-state index contributed by atoms with van der Waals surface area (Å²) in [5, 5.41) is 3.25. The highest BCUT2D eigenvalue weighted by atomic mass is 32.2. The van der Waals surface area contributed by atoms with E-state index in [0.717, 1.165) is 25.1 Å². The Balaban J connectivity index is 1.94. The molecule has 1 aromatic carbocycles. The Kier molecular flexibility index (Phi) is 4.37. The fourth-order valence-electron chi connectivity index (χ4n) is 2.32. The lowest BCUT2D eigenvalue weighted by atomic mass is 10.0. The van der Waals surface area contributed by atoms with Crippen molar-refractivity contribution in [2.45, 2.75) is 25.1 Å². The molecule has 100 valence electrons. The maximum atomic E-state index is 12.0. The summed E-state index contributed by atoms with van der Waals surface area (Å²) in [7, 11) is -3.25. The van der Waals surface area contributed by atoms with Crippen LogP contribution in [0.2, 0.25) is 0 Å². The third kappa shape index (κ3) is 3.80. The molecule has 1 heterocycles. The maximum absolute atomic E-state index is 12.0. The zero-order valence-electron chi connectivity index (χ0n) is 10.6. The summed E-state index contributed by atoms with van der Waals surface area (Å²) >= 11 is 0. The van der Waals surface area contributed by atoms with Gasteiger partial charge < -0.3 is 5.32 Å². The lowest BCUT2D eigenvalue weighted by Crippen LogP contribution is -2.39. The summed E-state index contributed by atoms with van der Waals surface area (Å²) in [6.07, 6.45) is 1.04. The maximum Gasteiger partial charge on any atom is 0.216 e. The predicted molar refractivity (Wildman–Crippen MR) is 72.6 cm³/mol. The van der Waals surface area contributed by atoms with E-state index in [1.165, 1.54) is 0 Å². The van der Waals surface area contributed by atoms with Crippen molar-refractivity contribution >= 4 is 10.0 Å². The molecule has 0 amide bonds. The first-order valence-corrected chi connectivity index (χ1v) is 7.97. The van der Waals surface area contributed by atoms with Crippen molar-refractivity contribution in [3.63, 3.8) is 0 Å². The summed E-state index contributed by atoms with van der Waals surface area (Å²) in [4.78, 5) is 0. The highest BCUT2D eigenvalue weighted by Crippen LogP contribution is 2.14. The summed E-state index contributed by atoms with van der Waals surface area (Å²) < 4.78 is 26.8. The van der Waals surface area contributed by atoms with Gasteiger partial charge >= 0.3 is 0 Å². The molecule has 2 unspecified atom stereocenters. The third-order valence-electron chi connectivity index (χ3n) is 3.37. The average molecular weight is 268 g/mol. The molecule has 0 spiro atoms. The highest BCUT2D eigenvalue weighted by Gasteiger charge is 2.25. The van der Waals surface area contributed by atoms with Crippen molar-refractivity contribution in [2.75, 3.05) is 13.1 Å². The summed E-state index contributed by atoms with van der Waals surface area (Å²) in [6.45, 7) is 3.82. The molecule has 18 heavy (non-hydrogen) atoms. The topological polar surface area (TPSA) is 58.2 Å². The van der Waals surface area contributed by atoms with Crippen LogP contribution in [0.3, 0.4) is 0 Å². The number of hydrogen-bond donors (Lipinski definition) is 2. The number of sulfonamides is 1. The summed E-state index contributed by atoms with van der Waals surface area (Å²) in [5.74, 6) is 0.453. The van der Waals surface area contributed by atoms with Gasteiger partial charge in [0.2, 0.25) is 10.0 Å². The molecular formula is C13H20N2O2S. The van der Waals surface area contributed by atoms with Crippen LogP contribution in [0, 0.1) is 5.92 Å². The Labute approximate surface area is 109 Å². The molecule has 0 saturated carbocycles. The van der Waals surface area contributed by atoms with E-state index in [0.29, 0.717) is 5.92 Å². The molecule has 1 fully saturated rings. The van der Waals surface area contributed by atoms with Gasteiger partial charge in [0.05, 0.1) is 5.75 Å². The van der Waals surface area contributed by atoms with E-state index >= 15 is 0 Å². The van der Waals surface area contributed by atoms with Gasteiger partial charge in [-0.1, -0.05) is 30.3 Å². The van der Waals surface area contributed by atoms with Crippen LogP contribution in [-0.4, -0.2) is 27.5 Å². The zero-order valence-corrected chi connectivity index (χ0v) is 11.4. The first kappa shape index (κ1) is 13.5. The fourth-order valence-corrected chi connectivity index (χ4v) is 3.79. The van der Waals surface area contributed by atoms with Crippen molar-refractivity contribution in [2.24, 2.45) is 5.92 Å². The van der Waals surface area contributed by atoms with Gasteiger partial charge in [-0.05, 0) is 37.9 Å². The van der Waals surface area contributed by atoms with Crippen molar-refractivity contribution in [3.05, 3.63) is 35.9 Å². The second kappa shape index (κ2) is 5.82. The standard InChI is InChI=1S/C13H20N2O2S/c1-11(13-7-8-14-9-13)15-18(16,17)10-12-5-3-2-4-6-12/h2-6,11,13-15H,7-10H2,1H3. The molecule has 1 aliphatic heterocycles. The Bertz CT molecular complexity index is 467. The van der Waals surface area contributed by atoms with Crippen molar-refractivity contribution in [1.29, 1.82) is 0 Å². The van der Waals surface area contributed by atoms with Gasteiger partial charge in [0, 0.05) is 6.04 Å². The fraction of sp³-hybridized carbons (Fsp3) is 0.538. The molecule has 4 nitrogen and oxygen atoms in total. The van der Waals surface area contributed by atoms with Crippen molar-refractivity contribution in [1.82, 2.24) is 10.0 Å². The average Bonchev–Trinajstić information content (AvgIpc) is 2.82. The molecular weight excluding hydrogens is 248 g/mol. The minimum Gasteiger partial charge on any atom is -0.316 e. The first-order chi connectivity index (χ1) is 8.57. The SMILES string of the molecule is CC(NS(=O)(=O)Cc1ccccc1)C1CCNC1. The quantitative estimate of drug-likeness (QED) is 0.841.